The van der Waals surface area contributed by atoms with E-state index in [1.165, 1.54) is 0 Å². The second-order valence-corrected chi connectivity index (χ2v) is 5.49. The van der Waals surface area contributed by atoms with Crippen molar-refractivity contribution in [3.8, 4) is 0 Å². The van der Waals surface area contributed by atoms with E-state index in [4.69, 9.17) is 14.6 Å². The molecule has 0 aromatic carbocycles. The van der Waals surface area contributed by atoms with Crippen molar-refractivity contribution in [1.29, 1.82) is 0 Å². The van der Waals surface area contributed by atoms with Crippen LogP contribution in [0.25, 0.3) is 0 Å². The molecule has 0 spiro atoms. The maximum absolute atomic E-state index is 10.2. The van der Waals surface area contributed by atoms with Gasteiger partial charge in [-0.1, -0.05) is 0 Å². The number of rotatable bonds is 3. The molecule has 2 aliphatic heterocycles. The molecule has 10 heteroatoms. The summed E-state index contributed by atoms with van der Waals surface area (Å²) in [7, 11) is 0. The molecule has 8 N–H and O–H groups in total. The summed E-state index contributed by atoms with van der Waals surface area (Å²) in [6.45, 7) is 0.144. The second-order valence-electron chi connectivity index (χ2n) is 5.49. The molecule has 0 saturated carbocycles. The molecule has 2 heterocycles. The fourth-order valence-electron chi connectivity index (χ4n) is 2.61. The van der Waals surface area contributed by atoms with E-state index < -0.39 is 67.6 Å². The normalized spacial score (nSPS) is 51.5. The molecule has 0 aromatic heterocycles. The van der Waals surface area contributed by atoms with Crippen LogP contribution in [0.15, 0.2) is 0 Å². The second kappa shape index (κ2) is 7.01. The first-order valence-electron chi connectivity index (χ1n) is 6.81. The number of aliphatic hydroxyl groups excluding tert-OH is 8. The molecule has 129 valence electrons. The summed E-state index contributed by atoms with van der Waals surface area (Å²) in [4.78, 5) is 0. The zero-order valence-electron chi connectivity index (χ0n) is 11.5. The van der Waals surface area contributed by atoms with Gasteiger partial charge >= 0.3 is 0 Å². The molecule has 1 radical (unpaired) electrons. The predicted molar refractivity (Wildman–Crippen MR) is 67.0 cm³/mol. The van der Waals surface area contributed by atoms with Gasteiger partial charge in [-0.2, -0.15) is 0 Å². The quantitative estimate of drug-likeness (QED) is 0.250. The highest BCUT2D eigenvalue weighted by atomic mass is 16.6. The van der Waals surface area contributed by atoms with Gasteiger partial charge in [-0.3, -0.25) is 0 Å². The van der Waals surface area contributed by atoms with Crippen molar-refractivity contribution in [3.05, 3.63) is 6.61 Å². The maximum atomic E-state index is 10.2. The third-order valence-corrected chi connectivity index (χ3v) is 4.01. The van der Waals surface area contributed by atoms with Gasteiger partial charge in [0.05, 0.1) is 6.61 Å². The van der Waals surface area contributed by atoms with Crippen LogP contribution >= 0.6 is 0 Å². The molecule has 0 bridgehead atoms. The lowest BCUT2D eigenvalue weighted by molar-refractivity contribution is -0.272. The molecule has 22 heavy (non-hydrogen) atoms. The van der Waals surface area contributed by atoms with Crippen LogP contribution in [0, 0.1) is 6.61 Å². The molecule has 2 rings (SSSR count). The Balaban J connectivity index is 2.12. The van der Waals surface area contributed by atoms with Gasteiger partial charge in [-0.05, 0) is 0 Å². The molecule has 2 fully saturated rings. The van der Waals surface area contributed by atoms with Crippen LogP contribution in [-0.2, 0) is 9.47 Å². The molecule has 10 atom stereocenters. The van der Waals surface area contributed by atoms with Gasteiger partial charge in [0.2, 0.25) is 0 Å². The molecule has 10 nitrogen and oxygen atoms in total. The largest absolute Gasteiger partial charge is 0.394 e. The van der Waals surface area contributed by atoms with Gasteiger partial charge in [0, 0.05) is 0 Å². The van der Waals surface area contributed by atoms with Gasteiger partial charge in [0.1, 0.15) is 67.6 Å². The summed E-state index contributed by atoms with van der Waals surface area (Å²) in [5.41, 5.74) is 0. The van der Waals surface area contributed by atoms with E-state index in [1.807, 2.05) is 0 Å². The van der Waals surface area contributed by atoms with Crippen molar-refractivity contribution < 1.29 is 50.3 Å². The van der Waals surface area contributed by atoms with Gasteiger partial charge in [-0.15, -0.1) is 0 Å². The molecule has 2 saturated heterocycles. The number of aliphatic hydroxyl groups is 8. The minimum atomic E-state index is -1.72. The Labute approximate surface area is 125 Å². The van der Waals surface area contributed by atoms with Crippen LogP contribution < -0.4 is 0 Å². The van der Waals surface area contributed by atoms with E-state index in [9.17, 15) is 35.7 Å². The SMILES string of the molecule is OC[C@H]1O[C@@H](C(O)[C@H]2O[CH][C@H](O)[C@@H](O)[C@@H]2O)[C@H](O)[C@@H](O)[C@@H]1O. The Morgan fingerprint density at radius 3 is 2.00 bits per heavy atom. The van der Waals surface area contributed by atoms with Crippen molar-refractivity contribution in [1.82, 2.24) is 0 Å². The van der Waals surface area contributed by atoms with E-state index in [-0.39, 0.29) is 0 Å². The minimum Gasteiger partial charge on any atom is -0.394 e. The first-order chi connectivity index (χ1) is 10.3. The third-order valence-electron chi connectivity index (χ3n) is 4.01. The molecular formula is C12H21O10. The molecular weight excluding hydrogens is 304 g/mol. The van der Waals surface area contributed by atoms with Gasteiger partial charge in [0.15, 0.2) is 0 Å². The lowest BCUT2D eigenvalue weighted by Crippen LogP contribution is -2.66. The third kappa shape index (κ3) is 3.12. The summed E-state index contributed by atoms with van der Waals surface area (Å²) < 4.78 is 10.1. The Morgan fingerprint density at radius 2 is 1.41 bits per heavy atom. The topological polar surface area (TPSA) is 180 Å². The fraction of sp³-hybridized carbons (Fsp3) is 0.917. The molecule has 0 amide bonds. The summed E-state index contributed by atoms with van der Waals surface area (Å²) >= 11 is 0. The summed E-state index contributed by atoms with van der Waals surface area (Å²) in [6.07, 6.45) is -15.6. The van der Waals surface area contributed by atoms with Crippen LogP contribution in [0.3, 0.4) is 0 Å². The van der Waals surface area contributed by atoms with Crippen LogP contribution in [-0.4, -0.2) is 108 Å². The van der Waals surface area contributed by atoms with E-state index in [2.05, 4.69) is 0 Å². The molecule has 0 aromatic rings. The Morgan fingerprint density at radius 1 is 0.818 bits per heavy atom. The van der Waals surface area contributed by atoms with Crippen LogP contribution in [0.5, 0.6) is 0 Å². The maximum Gasteiger partial charge on any atom is 0.115 e. The zero-order valence-corrected chi connectivity index (χ0v) is 11.5. The standard InChI is InChI=1S/C12H21O10/c13-1-4-6(16)7(17)9(19)12(22-4)10(20)11-8(18)5(15)3(14)2-21-11/h2-20H,1H2/t3-,4+,5+,6+,7-,8-,9+,10?,11-,12+/m0/s1. The molecule has 0 aliphatic carbocycles. The van der Waals surface area contributed by atoms with Crippen molar-refractivity contribution in [3.63, 3.8) is 0 Å². The van der Waals surface area contributed by atoms with Crippen LogP contribution in [0.2, 0.25) is 0 Å². The van der Waals surface area contributed by atoms with Crippen molar-refractivity contribution >= 4 is 0 Å². The molecule has 2 aliphatic rings. The average Bonchev–Trinajstić information content (AvgIpc) is 2.50. The summed E-state index contributed by atoms with van der Waals surface area (Å²) in [5, 5.41) is 77.2. The van der Waals surface area contributed by atoms with E-state index in [1.54, 1.807) is 0 Å². The Kier molecular flexibility index (Phi) is 5.72. The lowest BCUT2D eigenvalue weighted by atomic mass is 9.87. The van der Waals surface area contributed by atoms with Gasteiger partial charge in [-0.25, -0.2) is 0 Å². The first kappa shape index (κ1) is 17.9. The first-order valence-corrected chi connectivity index (χ1v) is 6.81. The van der Waals surface area contributed by atoms with Crippen molar-refractivity contribution in [2.45, 2.75) is 61.0 Å². The predicted octanol–water partition coefficient (Wildman–Crippen LogP) is -5.17. The van der Waals surface area contributed by atoms with Crippen LogP contribution in [0.1, 0.15) is 0 Å². The summed E-state index contributed by atoms with van der Waals surface area (Å²) in [6, 6.07) is 0. The van der Waals surface area contributed by atoms with Crippen molar-refractivity contribution in [2.24, 2.45) is 0 Å². The molecule has 1 unspecified atom stereocenters. The van der Waals surface area contributed by atoms with Gasteiger partial charge in [0.25, 0.3) is 0 Å². The summed E-state index contributed by atoms with van der Waals surface area (Å²) in [5.74, 6) is 0. The van der Waals surface area contributed by atoms with Gasteiger partial charge < -0.3 is 50.3 Å². The van der Waals surface area contributed by atoms with Crippen LogP contribution in [0.4, 0.5) is 0 Å². The fourth-order valence-corrected chi connectivity index (χ4v) is 2.61. The minimum absolute atomic E-state index is 0.671. The smallest absolute Gasteiger partial charge is 0.115 e. The monoisotopic (exact) mass is 325 g/mol. The number of hydrogen-bond acceptors (Lipinski definition) is 10. The van der Waals surface area contributed by atoms with E-state index in [0.29, 0.717) is 0 Å². The Hall–Kier alpha value is -0.400. The highest BCUT2D eigenvalue weighted by Gasteiger charge is 2.51. The number of hydrogen-bond donors (Lipinski definition) is 8. The zero-order chi connectivity index (χ0) is 16.6. The highest BCUT2D eigenvalue weighted by Crippen LogP contribution is 2.29. The van der Waals surface area contributed by atoms with E-state index >= 15 is 0 Å². The highest BCUT2D eigenvalue weighted by molar-refractivity contribution is 5.01. The number of ether oxygens (including phenoxy) is 2. The van der Waals surface area contributed by atoms with Crippen molar-refractivity contribution in [2.75, 3.05) is 6.61 Å². The van der Waals surface area contributed by atoms with E-state index in [0.717, 1.165) is 6.61 Å². The Bertz CT molecular complexity index is 366. The lowest BCUT2D eigenvalue weighted by Gasteiger charge is -2.45. The average molecular weight is 325 g/mol.